The van der Waals surface area contributed by atoms with Crippen molar-refractivity contribution >= 4 is 34.7 Å². The number of likely N-dealkylation sites (tertiary alicyclic amines) is 1. The lowest BCUT2D eigenvalue weighted by molar-refractivity contribution is -0.133. The molecule has 2 N–H and O–H groups in total. The largest absolute Gasteiger partial charge is 0.434 e. The molecule has 2 amide bonds. The van der Waals surface area contributed by atoms with Crippen LogP contribution in [0.25, 0.3) is 16.9 Å². The number of alkyl halides is 2. The first-order valence-electron chi connectivity index (χ1n) is 15.2. The predicted octanol–water partition coefficient (Wildman–Crippen LogP) is 5.23. The molecule has 5 aromatic rings. The minimum atomic E-state index is -3.11. The van der Waals surface area contributed by atoms with E-state index in [0.29, 0.717) is 24.8 Å². The van der Waals surface area contributed by atoms with Crippen LogP contribution in [0.1, 0.15) is 34.3 Å². The summed E-state index contributed by atoms with van der Waals surface area (Å²) >= 11 is 6.23. The number of anilines is 1. The second-order valence-corrected chi connectivity index (χ2v) is 11.8. The molecule has 0 atom stereocenters. The van der Waals surface area contributed by atoms with Gasteiger partial charge in [0.25, 0.3) is 5.91 Å². The number of halogens is 3. The zero-order valence-corrected chi connectivity index (χ0v) is 26.3. The van der Waals surface area contributed by atoms with Gasteiger partial charge in [0.1, 0.15) is 23.6 Å². The third-order valence-corrected chi connectivity index (χ3v) is 8.29. The van der Waals surface area contributed by atoms with Gasteiger partial charge in [-0.2, -0.15) is 19.0 Å². The van der Waals surface area contributed by atoms with E-state index in [1.54, 1.807) is 17.2 Å². The zero-order valence-electron chi connectivity index (χ0n) is 25.6. The van der Waals surface area contributed by atoms with Crippen molar-refractivity contribution in [1.82, 2.24) is 34.6 Å². The molecular weight excluding hydrogens is 630 g/mol. The molecule has 14 heteroatoms. The molecule has 6 rings (SSSR count). The molecule has 0 radical (unpaired) electrons. The van der Waals surface area contributed by atoms with E-state index in [1.165, 1.54) is 57.1 Å². The number of piperidine rings is 1. The van der Waals surface area contributed by atoms with Gasteiger partial charge in [-0.05, 0) is 62.6 Å². The highest BCUT2D eigenvalue weighted by Crippen LogP contribution is 2.37. The van der Waals surface area contributed by atoms with Crippen LogP contribution in [-0.2, 0) is 17.8 Å². The van der Waals surface area contributed by atoms with E-state index >= 15 is 0 Å². The van der Waals surface area contributed by atoms with Crippen LogP contribution < -0.4 is 15.4 Å². The second kappa shape index (κ2) is 14.3. The first-order chi connectivity index (χ1) is 22.7. The summed E-state index contributed by atoms with van der Waals surface area (Å²) in [5.74, 6) is -0.899. The van der Waals surface area contributed by atoms with Crippen molar-refractivity contribution in [3.8, 4) is 17.0 Å². The van der Waals surface area contributed by atoms with E-state index in [2.05, 4.69) is 57.0 Å². The molecule has 1 saturated heterocycles. The molecule has 244 valence electrons. The number of fused-ring (bicyclic) bond motifs is 1. The first-order valence-corrected chi connectivity index (χ1v) is 15.6. The normalized spacial score (nSPS) is 13.8. The Balaban J connectivity index is 1.16. The minimum Gasteiger partial charge on any atom is -0.434 e. The van der Waals surface area contributed by atoms with Crippen molar-refractivity contribution in [2.75, 3.05) is 25.0 Å². The quantitative estimate of drug-likeness (QED) is 0.199. The van der Waals surface area contributed by atoms with Gasteiger partial charge in [0.2, 0.25) is 5.91 Å². The highest BCUT2D eigenvalue weighted by molar-refractivity contribution is 6.31. The number of amides is 2. The van der Waals surface area contributed by atoms with Crippen molar-refractivity contribution in [3.63, 3.8) is 0 Å². The fourth-order valence-corrected chi connectivity index (χ4v) is 5.77. The number of nitrogens with one attached hydrogen (secondary N) is 2. The number of hydrogen-bond acceptors (Lipinski definition) is 7. The summed E-state index contributed by atoms with van der Waals surface area (Å²) in [5, 5.41) is 15.3. The smallest absolute Gasteiger partial charge is 0.387 e. The summed E-state index contributed by atoms with van der Waals surface area (Å²) in [6.45, 7) is 0.864. The number of benzene rings is 2. The van der Waals surface area contributed by atoms with Gasteiger partial charge in [0, 0.05) is 48.3 Å². The number of aryl methyl sites for hydroxylation is 1. The van der Waals surface area contributed by atoms with E-state index in [-0.39, 0.29) is 45.7 Å². The zero-order chi connectivity index (χ0) is 32.9. The van der Waals surface area contributed by atoms with Crippen LogP contribution in [0.3, 0.4) is 0 Å². The molecule has 1 aliphatic rings. The predicted molar refractivity (Wildman–Crippen MR) is 173 cm³/mol. The highest BCUT2D eigenvalue weighted by atomic mass is 35.5. The van der Waals surface area contributed by atoms with Crippen LogP contribution >= 0.6 is 11.6 Å². The van der Waals surface area contributed by atoms with Crippen molar-refractivity contribution in [2.45, 2.75) is 45.4 Å². The first kappa shape index (κ1) is 32.1. The molecule has 11 nitrogen and oxygen atoms in total. The van der Waals surface area contributed by atoms with Crippen LogP contribution in [0.4, 0.5) is 14.5 Å². The lowest BCUT2D eigenvalue weighted by Gasteiger charge is -2.32. The average molecular weight is 663 g/mol. The number of ether oxygens (including phenoxy) is 1. The molecule has 47 heavy (non-hydrogen) atoms. The van der Waals surface area contributed by atoms with E-state index in [1.807, 2.05) is 0 Å². The van der Waals surface area contributed by atoms with E-state index in [4.69, 9.17) is 16.3 Å². The molecule has 0 saturated carbocycles. The van der Waals surface area contributed by atoms with Gasteiger partial charge in [-0.15, -0.1) is 0 Å². The average Bonchev–Trinajstić information content (AvgIpc) is 3.67. The summed E-state index contributed by atoms with van der Waals surface area (Å²) in [5.41, 5.74) is 3.42. The summed E-state index contributed by atoms with van der Waals surface area (Å²) in [6.07, 6.45) is 8.61. The van der Waals surface area contributed by atoms with Crippen molar-refractivity contribution in [2.24, 2.45) is 0 Å². The van der Waals surface area contributed by atoms with Crippen LogP contribution in [-0.4, -0.2) is 73.4 Å². The third-order valence-electron chi connectivity index (χ3n) is 8.06. The Morgan fingerprint density at radius 3 is 2.68 bits per heavy atom. The van der Waals surface area contributed by atoms with Crippen LogP contribution in [0.2, 0.25) is 5.02 Å². The Kier molecular flexibility index (Phi) is 9.73. The summed E-state index contributed by atoms with van der Waals surface area (Å²) in [6, 6.07) is 14.6. The molecule has 0 spiro atoms. The molecule has 3 aromatic heterocycles. The van der Waals surface area contributed by atoms with Crippen molar-refractivity contribution in [3.05, 3.63) is 95.0 Å². The van der Waals surface area contributed by atoms with Crippen molar-refractivity contribution in [1.29, 1.82) is 0 Å². The van der Waals surface area contributed by atoms with Gasteiger partial charge in [-0.1, -0.05) is 41.4 Å². The maximum Gasteiger partial charge on any atom is 0.387 e. The van der Waals surface area contributed by atoms with Gasteiger partial charge in [-0.25, -0.2) is 9.50 Å². The Hall–Kier alpha value is -4.88. The van der Waals surface area contributed by atoms with E-state index < -0.39 is 12.5 Å². The number of nitrogens with zero attached hydrogens (tertiary/aromatic N) is 6. The Morgan fingerprint density at radius 2 is 1.91 bits per heavy atom. The Morgan fingerprint density at radius 1 is 1.13 bits per heavy atom. The minimum absolute atomic E-state index is 0.102. The topological polar surface area (TPSA) is 119 Å². The monoisotopic (exact) mass is 662 g/mol. The summed E-state index contributed by atoms with van der Waals surface area (Å²) in [4.78, 5) is 32.8. The van der Waals surface area contributed by atoms with Crippen LogP contribution in [0, 0.1) is 6.92 Å². The standard InChI is InChI=1S/C33H33ClF2N8O3/c1-21-3-5-22(6-4-21)9-13-37-24-10-15-42(16-11-24)29(45)20-43-19-27(40-32(46)26-18-39-44-14-2-12-38-31(26)44)30(41-43)25-17-23(34)7-8-28(25)47-33(35)36/h2-8,12,14,17-19,24,33,37H,9-11,13,15-16,20H2,1H3,(H,40,46). The molecule has 2 aromatic carbocycles. The SMILES string of the molecule is Cc1ccc(CCNC2CCN(C(=O)Cn3cc(NC(=O)c4cnn5cccnc45)c(-c4cc(Cl)ccc4OC(F)F)n3)CC2)cc1. The lowest BCUT2D eigenvalue weighted by atomic mass is 10.0. The van der Waals surface area contributed by atoms with Crippen molar-refractivity contribution < 1.29 is 23.1 Å². The number of carbonyl (C=O) groups is 2. The number of aromatic nitrogens is 5. The van der Waals surface area contributed by atoms with E-state index in [0.717, 1.165) is 25.8 Å². The Labute approximate surface area is 274 Å². The van der Waals surface area contributed by atoms with Gasteiger partial charge >= 0.3 is 6.61 Å². The molecule has 0 bridgehead atoms. The highest BCUT2D eigenvalue weighted by Gasteiger charge is 2.26. The van der Waals surface area contributed by atoms with Crippen LogP contribution in [0.5, 0.6) is 5.75 Å². The number of rotatable bonds is 11. The van der Waals surface area contributed by atoms with Crippen LogP contribution in [0.15, 0.2) is 73.3 Å². The molecule has 0 aliphatic carbocycles. The van der Waals surface area contributed by atoms with Gasteiger partial charge in [0.15, 0.2) is 5.65 Å². The molecule has 1 aliphatic heterocycles. The fraction of sp³-hybridized carbons (Fsp3) is 0.303. The molecular formula is C33H33ClF2N8O3. The molecule has 1 fully saturated rings. The van der Waals surface area contributed by atoms with E-state index in [9.17, 15) is 18.4 Å². The van der Waals surface area contributed by atoms with Gasteiger partial charge in [-0.3, -0.25) is 14.3 Å². The summed E-state index contributed by atoms with van der Waals surface area (Å²) in [7, 11) is 0. The van der Waals surface area contributed by atoms with Gasteiger partial charge in [0.05, 0.1) is 11.9 Å². The molecule has 0 unspecified atom stereocenters. The lowest BCUT2D eigenvalue weighted by Crippen LogP contribution is -2.46. The second-order valence-electron chi connectivity index (χ2n) is 11.4. The Bertz CT molecular complexity index is 1870. The maximum atomic E-state index is 13.4. The van der Waals surface area contributed by atoms with Gasteiger partial charge < -0.3 is 20.3 Å². The maximum absolute atomic E-state index is 13.4. The molecule has 4 heterocycles. The summed E-state index contributed by atoms with van der Waals surface area (Å²) < 4.78 is 34.2. The number of carbonyl (C=O) groups excluding carboxylic acids is 2. The number of hydrogen-bond donors (Lipinski definition) is 2. The fourth-order valence-electron chi connectivity index (χ4n) is 5.60. The third kappa shape index (κ3) is 7.75.